The lowest BCUT2D eigenvalue weighted by molar-refractivity contribution is 0.234. The van der Waals surface area contributed by atoms with E-state index in [9.17, 15) is 0 Å². The minimum Gasteiger partial charge on any atom is -0.473 e. The Morgan fingerprint density at radius 2 is 2.17 bits per heavy atom. The molecule has 3 N–H and O–H groups in total. The summed E-state index contributed by atoms with van der Waals surface area (Å²) >= 11 is 0. The fourth-order valence-corrected chi connectivity index (χ4v) is 1.98. The number of ether oxygens (including phenoxy) is 1. The van der Waals surface area contributed by atoms with Crippen molar-refractivity contribution in [3.63, 3.8) is 0 Å². The fourth-order valence-electron chi connectivity index (χ4n) is 1.98. The standard InChI is InChI=1S/C14H23N3O/c1-4-14(7-8-14)9-16-12-6-5-11(15)13(17-12)18-10(2)3/h5-6,10H,4,7-9,15H2,1-3H3,(H,16,17). The molecule has 1 fully saturated rings. The van der Waals surface area contributed by atoms with Crippen LogP contribution >= 0.6 is 0 Å². The van der Waals surface area contributed by atoms with Crippen molar-refractivity contribution >= 4 is 11.5 Å². The first-order valence-electron chi connectivity index (χ1n) is 6.72. The van der Waals surface area contributed by atoms with Gasteiger partial charge in [-0.3, -0.25) is 0 Å². The molecular weight excluding hydrogens is 226 g/mol. The lowest BCUT2D eigenvalue weighted by Gasteiger charge is -2.16. The molecule has 2 rings (SSSR count). The summed E-state index contributed by atoms with van der Waals surface area (Å²) in [4.78, 5) is 4.42. The van der Waals surface area contributed by atoms with Gasteiger partial charge in [-0.1, -0.05) is 6.92 Å². The summed E-state index contributed by atoms with van der Waals surface area (Å²) in [5, 5.41) is 3.39. The molecule has 1 heterocycles. The Kier molecular flexibility index (Phi) is 3.64. The highest BCUT2D eigenvalue weighted by atomic mass is 16.5. The van der Waals surface area contributed by atoms with Crippen LogP contribution in [0.15, 0.2) is 12.1 Å². The average Bonchev–Trinajstić information content (AvgIpc) is 3.10. The van der Waals surface area contributed by atoms with E-state index in [4.69, 9.17) is 10.5 Å². The van der Waals surface area contributed by atoms with Crippen LogP contribution in [0.5, 0.6) is 5.88 Å². The van der Waals surface area contributed by atoms with Gasteiger partial charge in [-0.2, -0.15) is 4.98 Å². The molecule has 1 aromatic heterocycles. The van der Waals surface area contributed by atoms with Crippen molar-refractivity contribution in [2.24, 2.45) is 5.41 Å². The Hall–Kier alpha value is -1.45. The molecule has 0 amide bonds. The summed E-state index contributed by atoms with van der Waals surface area (Å²) in [6.07, 6.45) is 3.95. The predicted molar refractivity (Wildman–Crippen MR) is 74.9 cm³/mol. The molecule has 100 valence electrons. The molecule has 0 saturated heterocycles. The first kappa shape index (κ1) is 13.0. The van der Waals surface area contributed by atoms with Crippen LogP contribution < -0.4 is 15.8 Å². The van der Waals surface area contributed by atoms with Crippen molar-refractivity contribution in [2.75, 3.05) is 17.6 Å². The first-order chi connectivity index (χ1) is 8.54. The van der Waals surface area contributed by atoms with Crippen LogP contribution in [0.2, 0.25) is 0 Å². The molecule has 0 aromatic carbocycles. The van der Waals surface area contributed by atoms with Crippen molar-refractivity contribution in [3.05, 3.63) is 12.1 Å². The second-order valence-corrected chi connectivity index (χ2v) is 5.46. The lowest BCUT2D eigenvalue weighted by Crippen LogP contribution is -2.16. The highest BCUT2D eigenvalue weighted by Crippen LogP contribution is 2.48. The molecule has 0 unspecified atom stereocenters. The number of nitrogens with two attached hydrogens (primary N) is 1. The molecule has 0 radical (unpaired) electrons. The number of pyridine rings is 1. The molecular formula is C14H23N3O. The van der Waals surface area contributed by atoms with Gasteiger partial charge in [0, 0.05) is 6.54 Å². The summed E-state index contributed by atoms with van der Waals surface area (Å²) in [5.41, 5.74) is 6.93. The van der Waals surface area contributed by atoms with Gasteiger partial charge in [0.05, 0.1) is 11.8 Å². The number of rotatable bonds is 6. The van der Waals surface area contributed by atoms with Crippen molar-refractivity contribution in [3.8, 4) is 5.88 Å². The zero-order valence-corrected chi connectivity index (χ0v) is 11.5. The minimum absolute atomic E-state index is 0.0838. The van der Waals surface area contributed by atoms with E-state index in [2.05, 4.69) is 17.2 Å². The second kappa shape index (κ2) is 5.04. The first-order valence-corrected chi connectivity index (χ1v) is 6.72. The Morgan fingerprint density at radius 3 is 2.72 bits per heavy atom. The van der Waals surface area contributed by atoms with Gasteiger partial charge in [0.15, 0.2) is 0 Å². The lowest BCUT2D eigenvalue weighted by atomic mass is 10.0. The van der Waals surface area contributed by atoms with Crippen molar-refractivity contribution in [1.82, 2.24) is 4.98 Å². The molecule has 0 spiro atoms. The Labute approximate surface area is 109 Å². The average molecular weight is 249 g/mol. The molecule has 0 bridgehead atoms. The third-order valence-electron chi connectivity index (χ3n) is 3.59. The monoisotopic (exact) mass is 249 g/mol. The summed E-state index contributed by atoms with van der Waals surface area (Å²) < 4.78 is 5.58. The van der Waals surface area contributed by atoms with Gasteiger partial charge in [0.1, 0.15) is 5.82 Å². The van der Waals surface area contributed by atoms with Gasteiger partial charge in [-0.25, -0.2) is 0 Å². The Morgan fingerprint density at radius 1 is 1.44 bits per heavy atom. The highest BCUT2D eigenvalue weighted by molar-refractivity contribution is 5.53. The van der Waals surface area contributed by atoms with E-state index in [0.717, 1.165) is 12.4 Å². The number of aromatic nitrogens is 1. The van der Waals surface area contributed by atoms with Gasteiger partial charge in [0.25, 0.3) is 0 Å². The third-order valence-corrected chi connectivity index (χ3v) is 3.59. The Bertz CT molecular complexity index is 414. The number of nitrogens with zero attached hydrogens (tertiary/aromatic N) is 1. The topological polar surface area (TPSA) is 60.2 Å². The van der Waals surface area contributed by atoms with Crippen LogP contribution in [-0.2, 0) is 0 Å². The maximum Gasteiger partial charge on any atom is 0.239 e. The van der Waals surface area contributed by atoms with Gasteiger partial charge in [-0.05, 0) is 50.7 Å². The van der Waals surface area contributed by atoms with Crippen molar-refractivity contribution < 1.29 is 4.74 Å². The fraction of sp³-hybridized carbons (Fsp3) is 0.643. The molecule has 1 aliphatic rings. The number of hydrogen-bond acceptors (Lipinski definition) is 4. The molecule has 0 atom stereocenters. The SMILES string of the molecule is CCC1(CNc2ccc(N)c(OC(C)C)n2)CC1. The third kappa shape index (κ3) is 3.06. The summed E-state index contributed by atoms with van der Waals surface area (Å²) in [6.45, 7) is 7.18. The largest absolute Gasteiger partial charge is 0.473 e. The van der Waals surface area contributed by atoms with Gasteiger partial charge < -0.3 is 15.8 Å². The number of nitrogen functional groups attached to an aromatic ring is 1. The normalized spacial score (nSPS) is 16.7. The number of nitrogens with one attached hydrogen (secondary N) is 1. The van der Waals surface area contributed by atoms with Crippen LogP contribution in [0, 0.1) is 5.41 Å². The molecule has 1 aliphatic carbocycles. The Balaban J connectivity index is 2.00. The van der Waals surface area contributed by atoms with E-state index in [1.165, 1.54) is 19.3 Å². The number of anilines is 2. The highest BCUT2D eigenvalue weighted by Gasteiger charge is 2.40. The molecule has 1 saturated carbocycles. The van der Waals surface area contributed by atoms with Gasteiger partial charge in [0.2, 0.25) is 5.88 Å². The smallest absolute Gasteiger partial charge is 0.239 e. The molecule has 18 heavy (non-hydrogen) atoms. The van der Waals surface area contributed by atoms with Crippen LogP contribution in [-0.4, -0.2) is 17.6 Å². The van der Waals surface area contributed by atoms with E-state index < -0.39 is 0 Å². The van der Waals surface area contributed by atoms with Gasteiger partial charge >= 0.3 is 0 Å². The molecule has 1 aromatic rings. The maximum atomic E-state index is 5.84. The van der Waals surface area contributed by atoms with E-state index in [-0.39, 0.29) is 6.10 Å². The zero-order chi connectivity index (χ0) is 13.2. The van der Waals surface area contributed by atoms with Crippen molar-refractivity contribution in [2.45, 2.75) is 46.1 Å². The van der Waals surface area contributed by atoms with E-state index in [1.807, 2.05) is 26.0 Å². The maximum absolute atomic E-state index is 5.84. The second-order valence-electron chi connectivity index (χ2n) is 5.46. The van der Waals surface area contributed by atoms with Crippen molar-refractivity contribution in [1.29, 1.82) is 0 Å². The summed E-state index contributed by atoms with van der Waals surface area (Å²) in [7, 11) is 0. The molecule has 4 nitrogen and oxygen atoms in total. The van der Waals surface area contributed by atoms with Crippen LogP contribution in [0.4, 0.5) is 11.5 Å². The predicted octanol–water partition coefficient (Wildman–Crippen LogP) is 3.05. The molecule has 0 aliphatic heterocycles. The quantitative estimate of drug-likeness (QED) is 0.813. The van der Waals surface area contributed by atoms with E-state index in [1.54, 1.807) is 0 Å². The molecule has 4 heteroatoms. The number of hydrogen-bond donors (Lipinski definition) is 2. The van der Waals surface area contributed by atoms with Gasteiger partial charge in [-0.15, -0.1) is 0 Å². The summed E-state index contributed by atoms with van der Waals surface area (Å²) in [6, 6.07) is 3.76. The van der Waals surface area contributed by atoms with Crippen LogP contribution in [0.25, 0.3) is 0 Å². The van der Waals surface area contributed by atoms with Crippen LogP contribution in [0.3, 0.4) is 0 Å². The van der Waals surface area contributed by atoms with E-state index in [0.29, 0.717) is 17.0 Å². The summed E-state index contributed by atoms with van der Waals surface area (Å²) in [5.74, 6) is 1.37. The van der Waals surface area contributed by atoms with Crippen LogP contribution in [0.1, 0.15) is 40.0 Å². The minimum atomic E-state index is 0.0838. The zero-order valence-electron chi connectivity index (χ0n) is 11.5. The van der Waals surface area contributed by atoms with E-state index >= 15 is 0 Å².